The third-order valence-corrected chi connectivity index (χ3v) is 8.76. The quantitative estimate of drug-likeness (QED) is 0.0322. The van der Waals surface area contributed by atoms with Gasteiger partial charge in [0, 0.05) is 38.9 Å². The fraction of sp³-hybridized carbons (Fsp3) is 0.833. The number of unbranched alkanes of at least 4 members (excludes halogenated alkanes) is 14. The molecule has 0 aromatic carbocycles. The summed E-state index contributed by atoms with van der Waals surface area (Å²) in [6.45, 7) is 3.78. The summed E-state index contributed by atoms with van der Waals surface area (Å²) < 4.78 is 20.8. The maximum absolute atomic E-state index is 12.0. The first-order valence-corrected chi connectivity index (χ1v) is 22.0. The van der Waals surface area contributed by atoms with Crippen molar-refractivity contribution >= 4 is 42.4 Å². The maximum Gasteiger partial charge on any atom is 0.320 e. The molecule has 358 valence electrons. The molecule has 1 atom stereocenters. The number of ether oxygens (including phenoxy) is 4. The van der Waals surface area contributed by atoms with Gasteiger partial charge in [0.2, 0.25) is 17.7 Å². The first-order chi connectivity index (χ1) is 29.5. The number of aliphatic carboxylic acids is 2. The zero-order valence-electron chi connectivity index (χ0n) is 37.0. The van der Waals surface area contributed by atoms with Crippen molar-refractivity contribution in [2.45, 2.75) is 141 Å². The Bertz CT molecular complexity index is 1060. The second-order valence-corrected chi connectivity index (χ2v) is 14.2. The molecule has 19 nitrogen and oxygen atoms in total. The van der Waals surface area contributed by atoms with E-state index in [0.29, 0.717) is 91.1 Å². The molecule has 9 N–H and O–H groups in total. The first-order valence-electron chi connectivity index (χ1n) is 22.0. The molecule has 0 fully saturated rings. The van der Waals surface area contributed by atoms with Crippen LogP contribution in [0.15, 0.2) is 0 Å². The van der Waals surface area contributed by atoms with Crippen LogP contribution in [-0.2, 0) is 52.5 Å². The first kappa shape index (κ1) is 61.5. The Morgan fingerprint density at radius 3 is 1.43 bits per heavy atom. The number of nitrogens with two attached hydrogens (primary N) is 1. The van der Waals surface area contributed by atoms with Crippen molar-refractivity contribution in [1.82, 2.24) is 21.3 Å². The topological polar surface area (TPSA) is 291 Å². The van der Waals surface area contributed by atoms with Gasteiger partial charge in [0.15, 0.2) is 0 Å². The van der Waals surface area contributed by atoms with Gasteiger partial charge in [-0.25, -0.2) is 0 Å². The number of hydrogen-bond donors (Lipinski definition) is 8. The van der Waals surface area contributed by atoms with E-state index in [-0.39, 0.29) is 44.0 Å². The molecule has 0 bridgehead atoms. The molecule has 3 amide bonds. The summed E-state index contributed by atoms with van der Waals surface area (Å²) in [5.41, 5.74) is 5.28. The van der Waals surface area contributed by atoms with E-state index >= 15 is 0 Å². The number of nitrogens with one attached hydrogen (secondary N) is 4. The monoisotopic (exact) mass is 880 g/mol. The van der Waals surface area contributed by atoms with E-state index in [1.54, 1.807) is 0 Å². The van der Waals surface area contributed by atoms with E-state index < -0.39 is 18.0 Å². The van der Waals surface area contributed by atoms with Gasteiger partial charge in [-0.3, -0.25) is 28.8 Å². The van der Waals surface area contributed by atoms with Crippen molar-refractivity contribution in [3.05, 3.63) is 0 Å². The largest absolute Gasteiger partial charge is 0.483 e. The van der Waals surface area contributed by atoms with E-state index in [2.05, 4.69) is 21.3 Å². The van der Waals surface area contributed by atoms with E-state index in [0.717, 1.165) is 57.9 Å². The predicted octanol–water partition coefficient (Wildman–Crippen LogP) is 3.20. The Morgan fingerprint density at radius 2 is 0.951 bits per heavy atom. The molecule has 0 aromatic heterocycles. The number of carboxylic acids is 2. The molecule has 19 heteroatoms. The highest BCUT2D eigenvalue weighted by atomic mass is 16.5. The zero-order chi connectivity index (χ0) is 45.9. The van der Waals surface area contributed by atoms with Crippen molar-refractivity contribution in [3.63, 3.8) is 0 Å². The molecule has 0 heterocycles. The minimum atomic E-state index is -0.908. The Balaban J connectivity index is -0.00000204. The molecule has 0 aliphatic carbocycles. The van der Waals surface area contributed by atoms with Gasteiger partial charge in [-0.2, -0.15) is 0 Å². The average molecular weight is 880 g/mol. The lowest BCUT2D eigenvalue weighted by Crippen LogP contribution is -2.31. The molecule has 0 spiro atoms. The fourth-order valence-corrected chi connectivity index (χ4v) is 5.44. The summed E-state index contributed by atoms with van der Waals surface area (Å²) >= 11 is 0. The van der Waals surface area contributed by atoms with Gasteiger partial charge < -0.3 is 66.1 Å². The van der Waals surface area contributed by atoms with Crippen LogP contribution in [0.3, 0.4) is 0 Å². The van der Waals surface area contributed by atoms with Crippen molar-refractivity contribution in [2.75, 3.05) is 86.1 Å². The normalized spacial score (nSPS) is 10.9. The third-order valence-electron chi connectivity index (χ3n) is 8.76. The fourth-order valence-electron chi connectivity index (χ4n) is 5.44. The second-order valence-electron chi connectivity index (χ2n) is 14.2. The number of rotatable bonds is 43. The van der Waals surface area contributed by atoms with Crippen LogP contribution in [0.2, 0.25) is 0 Å². The Morgan fingerprint density at radius 1 is 0.525 bits per heavy atom. The molecular weight excluding hydrogens is 798 g/mol. The van der Waals surface area contributed by atoms with Crippen molar-refractivity contribution in [1.29, 1.82) is 0 Å². The van der Waals surface area contributed by atoms with Crippen molar-refractivity contribution < 1.29 is 67.8 Å². The molecule has 0 aliphatic rings. The van der Waals surface area contributed by atoms with E-state index in [1.165, 1.54) is 51.4 Å². The molecule has 0 aromatic rings. The summed E-state index contributed by atoms with van der Waals surface area (Å²) in [5, 5.41) is 35.2. The smallest absolute Gasteiger partial charge is 0.320 e. The molecule has 0 rings (SSSR count). The number of hydrogen-bond acceptors (Lipinski definition) is 13. The van der Waals surface area contributed by atoms with E-state index in [4.69, 9.17) is 44.8 Å². The van der Waals surface area contributed by atoms with Crippen molar-refractivity contribution in [2.24, 2.45) is 5.73 Å². The SMILES string of the molecule is CNCCCCC(N)C(=O)O.O=CCOCCOCCNC(=O)COCCOCCNC(=O)CCCNC(=O)CCCCCCCCCCCCCCCCC(=O)O.O=CO. The summed E-state index contributed by atoms with van der Waals surface area (Å²) in [6, 6.07) is -0.688. The van der Waals surface area contributed by atoms with Gasteiger partial charge in [-0.15, -0.1) is 0 Å². The molecule has 1 unspecified atom stereocenters. The van der Waals surface area contributed by atoms with Crippen LogP contribution in [0.25, 0.3) is 0 Å². The van der Waals surface area contributed by atoms with Crippen LogP contribution < -0.4 is 27.0 Å². The van der Waals surface area contributed by atoms with Gasteiger partial charge in [-0.05, 0) is 45.7 Å². The number of carboxylic acid groups (broad SMARTS) is 3. The molecule has 0 radical (unpaired) electrons. The Kier molecular flexibility index (Phi) is 52.9. The molecule has 61 heavy (non-hydrogen) atoms. The standard InChI is InChI=1S/C34H63N3O10.C7H16N2O2.CH2O2/c38-22-25-46-27-26-44-24-21-37-33(41)30-47-29-28-45-23-20-36-32(40)17-15-19-35-31(39)16-13-11-9-7-5-3-1-2-4-6-8-10-12-14-18-34(42)43;1-9-5-3-2-4-6(8)7(10)11;2-1-3/h22H,1-21,23-30H2,(H,35,39)(H,36,40)(H,37,41)(H,42,43);6,9H,2-5,8H2,1H3,(H,10,11);1H,(H,2,3). The summed E-state index contributed by atoms with van der Waals surface area (Å²) in [4.78, 5) is 74.8. The Labute approximate surface area is 363 Å². The van der Waals surface area contributed by atoms with Crippen LogP contribution in [-0.4, -0.2) is 150 Å². The third kappa shape index (κ3) is 58.4. The molecule has 0 saturated carbocycles. The lowest BCUT2D eigenvalue weighted by atomic mass is 10.0. The van der Waals surface area contributed by atoms with Gasteiger partial charge in [-0.1, -0.05) is 83.5 Å². The molecule has 0 saturated heterocycles. The summed E-state index contributed by atoms with van der Waals surface area (Å²) in [6.07, 6.45) is 21.0. The lowest BCUT2D eigenvalue weighted by Gasteiger charge is -2.09. The average Bonchev–Trinajstić information content (AvgIpc) is 3.23. The highest BCUT2D eigenvalue weighted by Crippen LogP contribution is 2.14. The van der Waals surface area contributed by atoms with Crippen LogP contribution in [0.4, 0.5) is 0 Å². The Hall–Kier alpha value is -3.75. The number of carbonyl (C=O) groups is 7. The summed E-state index contributed by atoms with van der Waals surface area (Å²) in [5.74, 6) is -1.90. The lowest BCUT2D eigenvalue weighted by molar-refractivity contribution is -0.139. The zero-order valence-corrected chi connectivity index (χ0v) is 37.0. The van der Waals surface area contributed by atoms with Gasteiger partial charge in [0.05, 0.1) is 39.6 Å². The van der Waals surface area contributed by atoms with Crippen LogP contribution in [0.5, 0.6) is 0 Å². The highest BCUT2D eigenvalue weighted by Gasteiger charge is 2.09. The highest BCUT2D eigenvalue weighted by molar-refractivity contribution is 5.77. The van der Waals surface area contributed by atoms with Gasteiger partial charge in [0.1, 0.15) is 25.5 Å². The number of amides is 3. The van der Waals surface area contributed by atoms with E-state index in [1.807, 2.05) is 7.05 Å². The van der Waals surface area contributed by atoms with E-state index in [9.17, 15) is 28.8 Å². The number of aldehydes is 1. The molecular formula is C42H81N5O14. The predicted molar refractivity (Wildman–Crippen MR) is 231 cm³/mol. The van der Waals surface area contributed by atoms with Crippen LogP contribution >= 0.6 is 0 Å². The number of carbonyl (C=O) groups excluding carboxylic acids is 4. The molecule has 0 aliphatic heterocycles. The van der Waals surface area contributed by atoms with Crippen LogP contribution in [0.1, 0.15) is 135 Å². The van der Waals surface area contributed by atoms with Gasteiger partial charge >= 0.3 is 11.9 Å². The maximum atomic E-state index is 12.0. The van der Waals surface area contributed by atoms with Crippen LogP contribution in [0, 0.1) is 0 Å². The summed E-state index contributed by atoms with van der Waals surface area (Å²) in [7, 11) is 1.87. The van der Waals surface area contributed by atoms with Crippen molar-refractivity contribution in [3.8, 4) is 0 Å². The minimum absolute atomic E-state index is 0.0449. The minimum Gasteiger partial charge on any atom is -0.483 e. The van der Waals surface area contributed by atoms with Gasteiger partial charge in [0.25, 0.3) is 6.47 Å². The second kappa shape index (κ2) is 52.4.